The van der Waals surface area contributed by atoms with Crippen molar-refractivity contribution < 1.29 is 28.8 Å². The van der Waals surface area contributed by atoms with Crippen LogP contribution in [0.15, 0.2) is 114 Å². The van der Waals surface area contributed by atoms with E-state index in [9.17, 15) is 4.79 Å². The molecule has 244 valence electrons. The summed E-state index contributed by atoms with van der Waals surface area (Å²) in [6.45, 7) is 3.39. The number of amides is 1. The Labute approximate surface area is 276 Å². The molecule has 0 spiro atoms. The number of ether oxygens (including phenoxy) is 4. The first-order valence-electron chi connectivity index (χ1n) is 16.0. The second-order valence-corrected chi connectivity index (χ2v) is 11.1. The van der Waals surface area contributed by atoms with Crippen molar-refractivity contribution in [3.63, 3.8) is 0 Å². The van der Waals surface area contributed by atoms with Crippen molar-refractivity contribution in [3.05, 3.63) is 131 Å². The van der Waals surface area contributed by atoms with Gasteiger partial charge in [-0.2, -0.15) is 0 Å². The Hall–Kier alpha value is -5.08. The van der Waals surface area contributed by atoms with Gasteiger partial charge in [-0.25, -0.2) is 4.99 Å². The van der Waals surface area contributed by atoms with Crippen LogP contribution in [-0.2, 0) is 16.0 Å². The SMILES string of the molecule is CCOc1ccccc1CCNC(=O)[C@]1(C/C=C/c2ccccc2)N=C(c2ccc(OCCCO)cc2)O[C@@H]1c1cccc(OC)c1. The van der Waals surface area contributed by atoms with Gasteiger partial charge in [-0.15, -0.1) is 0 Å². The summed E-state index contributed by atoms with van der Waals surface area (Å²) in [5, 5.41) is 12.3. The molecule has 0 fully saturated rings. The first-order valence-corrected chi connectivity index (χ1v) is 16.0. The molecule has 0 saturated heterocycles. The van der Waals surface area contributed by atoms with Gasteiger partial charge in [-0.05, 0) is 72.5 Å². The van der Waals surface area contributed by atoms with Crippen LogP contribution >= 0.6 is 0 Å². The fraction of sp³-hybridized carbons (Fsp3) is 0.282. The van der Waals surface area contributed by atoms with Gasteiger partial charge >= 0.3 is 0 Å². The molecule has 2 N–H and O–H groups in total. The van der Waals surface area contributed by atoms with Crippen molar-refractivity contribution in [2.24, 2.45) is 4.99 Å². The van der Waals surface area contributed by atoms with Crippen molar-refractivity contribution in [2.45, 2.75) is 37.8 Å². The van der Waals surface area contributed by atoms with Gasteiger partial charge in [0, 0.05) is 31.6 Å². The normalized spacial score (nSPS) is 17.2. The molecular formula is C39H42N2O6. The molecule has 0 aromatic heterocycles. The van der Waals surface area contributed by atoms with E-state index in [1.807, 2.05) is 122 Å². The number of aliphatic hydroxyl groups excluding tert-OH is 1. The average Bonchev–Trinajstić information content (AvgIpc) is 3.51. The molecule has 1 amide bonds. The molecule has 47 heavy (non-hydrogen) atoms. The highest BCUT2D eigenvalue weighted by Gasteiger charge is 2.52. The Morgan fingerprint density at radius 1 is 0.957 bits per heavy atom. The topological polar surface area (TPSA) is 98.6 Å². The summed E-state index contributed by atoms with van der Waals surface area (Å²) < 4.78 is 23.7. The van der Waals surface area contributed by atoms with Gasteiger partial charge in [0.05, 0.1) is 20.3 Å². The van der Waals surface area contributed by atoms with E-state index < -0.39 is 11.6 Å². The highest BCUT2D eigenvalue weighted by molar-refractivity contribution is 6.01. The third-order valence-electron chi connectivity index (χ3n) is 7.92. The zero-order valence-electron chi connectivity index (χ0n) is 26.9. The second-order valence-electron chi connectivity index (χ2n) is 11.1. The number of rotatable bonds is 16. The zero-order valence-corrected chi connectivity index (χ0v) is 26.9. The lowest BCUT2D eigenvalue weighted by Crippen LogP contribution is -2.48. The van der Waals surface area contributed by atoms with E-state index in [1.54, 1.807) is 7.11 Å². The predicted molar refractivity (Wildman–Crippen MR) is 184 cm³/mol. The van der Waals surface area contributed by atoms with Crippen LogP contribution in [-0.4, -0.2) is 55.9 Å². The zero-order chi connectivity index (χ0) is 32.9. The Balaban J connectivity index is 1.50. The Morgan fingerprint density at radius 2 is 1.74 bits per heavy atom. The molecule has 8 heteroatoms. The van der Waals surface area contributed by atoms with E-state index in [0.29, 0.717) is 50.0 Å². The number of hydrogen-bond acceptors (Lipinski definition) is 7. The number of hydrogen-bond donors (Lipinski definition) is 2. The molecule has 1 aliphatic rings. The minimum Gasteiger partial charge on any atom is -0.497 e. The van der Waals surface area contributed by atoms with Crippen LogP contribution in [0.5, 0.6) is 17.2 Å². The summed E-state index contributed by atoms with van der Waals surface area (Å²) in [4.78, 5) is 19.6. The van der Waals surface area contributed by atoms with Gasteiger partial charge in [-0.1, -0.05) is 72.8 Å². The highest BCUT2D eigenvalue weighted by Crippen LogP contribution is 2.43. The van der Waals surface area contributed by atoms with E-state index >= 15 is 0 Å². The Kier molecular flexibility index (Phi) is 11.7. The molecule has 1 heterocycles. The molecule has 0 bridgehead atoms. The lowest BCUT2D eigenvalue weighted by Gasteiger charge is -2.30. The van der Waals surface area contributed by atoms with E-state index in [2.05, 4.69) is 5.32 Å². The van der Waals surface area contributed by atoms with E-state index in [0.717, 1.165) is 28.0 Å². The standard InChI is InChI=1S/C39H42N2O6/c1-3-45-35-18-8-7-15-30(35)23-25-40-38(43)39(24-10-14-29-12-5-4-6-13-29)36(32-16-9-17-34(28-32)44-2)47-37(41-39)31-19-21-33(22-20-31)46-27-11-26-42/h4-10,12-22,28,36,42H,3,11,23-27H2,1-2H3,(H,40,43)/b14-10+/t36-,39-/m1/s1. The summed E-state index contributed by atoms with van der Waals surface area (Å²) in [7, 11) is 1.61. The average molecular weight is 635 g/mol. The van der Waals surface area contributed by atoms with Gasteiger partial charge in [0.15, 0.2) is 11.6 Å². The van der Waals surface area contributed by atoms with Gasteiger partial charge in [-0.3, -0.25) is 4.79 Å². The molecule has 0 unspecified atom stereocenters. The smallest absolute Gasteiger partial charge is 0.252 e. The van der Waals surface area contributed by atoms with Crippen LogP contribution < -0.4 is 19.5 Å². The molecule has 4 aromatic rings. The third-order valence-corrected chi connectivity index (χ3v) is 7.92. The molecule has 8 nitrogen and oxygen atoms in total. The van der Waals surface area contributed by atoms with Crippen molar-refractivity contribution >= 4 is 17.9 Å². The largest absolute Gasteiger partial charge is 0.497 e. The number of nitrogens with one attached hydrogen (secondary N) is 1. The van der Waals surface area contributed by atoms with Crippen molar-refractivity contribution in [1.82, 2.24) is 5.32 Å². The second kappa shape index (κ2) is 16.5. The van der Waals surface area contributed by atoms with E-state index in [1.165, 1.54) is 0 Å². The van der Waals surface area contributed by atoms with Gasteiger partial charge in [0.1, 0.15) is 17.2 Å². The number of carbonyl (C=O) groups excluding carboxylic acids is 1. The molecule has 4 aromatic carbocycles. The lowest BCUT2D eigenvalue weighted by molar-refractivity contribution is -0.128. The van der Waals surface area contributed by atoms with Gasteiger partial charge < -0.3 is 29.4 Å². The van der Waals surface area contributed by atoms with Gasteiger partial charge in [0.2, 0.25) is 5.90 Å². The van der Waals surface area contributed by atoms with Crippen LogP contribution in [0.3, 0.4) is 0 Å². The highest BCUT2D eigenvalue weighted by atomic mass is 16.5. The van der Waals surface area contributed by atoms with Crippen LogP contribution in [0.2, 0.25) is 0 Å². The third kappa shape index (κ3) is 8.40. The van der Waals surface area contributed by atoms with Crippen molar-refractivity contribution in [1.29, 1.82) is 0 Å². The number of benzene rings is 4. The first-order chi connectivity index (χ1) is 23.1. The summed E-state index contributed by atoms with van der Waals surface area (Å²) in [5.74, 6) is 2.27. The molecule has 1 aliphatic heterocycles. The van der Waals surface area contributed by atoms with Crippen LogP contribution in [0.25, 0.3) is 6.08 Å². The number of nitrogens with zero attached hydrogens (tertiary/aromatic N) is 1. The molecule has 5 rings (SSSR count). The van der Waals surface area contributed by atoms with Gasteiger partial charge in [0.25, 0.3) is 5.91 Å². The molecule has 0 aliphatic carbocycles. The molecular weight excluding hydrogens is 592 g/mol. The maximum Gasteiger partial charge on any atom is 0.252 e. The number of aliphatic hydroxyl groups is 1. The summed E-state index contributed by atoms with van der Waals surface area (Å²) in [6, 6.07) is 32.8. The number of methoxy groups -OCH3 is 1. The summed E-state index contributed by atoms with van der Waals surface area (Å²) in [5.41, 5.74) is 2.22. The number of para-hydroxylation sites is 1. The summed E-state index contributed by atoms with van der Waals surface area (Å²) in [6.07, 6.45) is 4.69. The van der Waals surface area contributed by atoms with Crippen molar-refractivity contribution in [3.8, 4) is 17.2 Å². The Bertz CT molecular complexity index is 1650. The predicted octanol–water partition coefficient (Wildman–Crippen LogP) is 6.57. The number of aliphatic imine (C=N–C) groups is 1. The van der Waals surface area contributed by atoms with Crippen molar-refractivity contribution in [2.75, 3.05) is 33.5 Å². The quantitative estimate of drug-likeness (QED) is 0.135. The minimum atomic E-state index is -1.32. The van der Waals surface area contributed by atoms with E-state index in [-0.39, 0.29) is 18.9 Å². The van der Waals surface area contributed by atoms with E-state index in [4.69, 9.17) is 29.0 Å². The first kappa shape index (κ1) is 33.3. The fourth-order valence-corrected chi connectivity index (χ4v) is 5.53. The van der Waals surface area contributed by atoms with Crippen LogP contribution in [0.1, 0.15) is 48.1 Å². The lowest BCUT2D eigenvalue weighted by atomic mass is 9.84. The maximum absolute atomic E-state index is 14.5. The number of carbonyl (C=O) groups is 1. The monoisotopic (exact) mass is 634 g/mol. The van der Waals surface area contributed by atoms with Crippen LogP contribution in [0, 0.1) is 0 Å². The van der Waals surface area contributed by atoms with Crippen LogP contribution in [0.4, 0.5) is 0 Å². The summed E-state index contributed by atoms with van der Waals surface area (Å²) >= 11 is 0. The maximum atomic E-state index is 14.5. The Morgan fingerprint density at radius 3 is 2.51 bits per heavy atom. The fourth-order valence-electron chi connectivity index (χ4n) is 5.53. The molecule has 2 atom stereocenters. The minimum absolute atomic E-state index is 0.0658. The molecule has 0 saturated carbocycles. The molecule has 0 radical (unpaired) electrons.